The van der Waals surface area contributed by atoms with Gasteiger partial charge in [-0.05, 0) is 42.3 Å². The fourth-order valence-corrected chi connectivity index (χ4v) is 4.08. The molecule has 0 amide bonds. The number of hydrogen-bond acceptors (Lipinski definition) is 6. The Morgan fingerprint density at radius 1 is 0.892 bits per heavy atom. The third-order valence-corrected chi connectivity index (χ3v) is 5.76. The maximum absolute atomic E-state index is 13.3. The molecule has 0 bridgehead atoms. The Labute approximate surface area is 209 Å². The predicted octanol–water partition coefficient (Wildman–Crippen LogP) is 3.46. The Balaban J connectivity index is 2.35. The van der Waals surface area contributed by atoms with Crippen molar-refractivity contribution in [2.75, 3.05) is 5.75 Å². The van der Waals surface area contributed by atoms with Gasteiger partial charge in [-0.2, -0.15) is 34.8 Å². The first-order valence-corrected chi connectivity index (χ1v) is 11.6. The quantitative estimate of drug-likeness (QED) is 0.177. The molecule has 0 spiro atoms. The lowest BCUT2D eigenvalue weighted by Crippen LogP contribution is -2.63. The molecular weight excluding hydrogens is 532 g/mol. The van der Waals surface area contributed by atoms with Gasteiger partial charge < -0.3 is 9.47 Å². The fraction of sp³-hybridized carbons (Fsp3) is 0.333. The number of benzene rings is 2. The van der Waals surface area contributed by atoms with E-state index in [1.54, 1.807) is 19.1 Å². The second kappa shape index (κ2) is 10.8. The van der Waals surface area contributed by atoms with Crippen molar-refractivity contribution in [3.63, 3.8) is 0 Å². The van der Waals surface area contributed by atoms with Crippen LogP contribution in [0.1, 0.15) is 37.4 Å². The van der Waals surface area contributed by atoms with E-state index in [-0.39, 0.29) is 24.0 Å². The molecule has 16 heteroatoms. The highest BCUT2D eigenvalue weighted by molar-refractivity contribution is 7.85. The molecule has 196 valence electrons. The molecule has 0 aliphatic rings. The summed E-state index contributed by atoms with van der Waals surface area (Å²) < 4.78 is 120. The highest BCUT2D eigenvalue weighted by Crippen LogP contribution is 2.47. The zero-order valence-corrected chi connectivity index (χ0v) is 19.6. The van der Waals surface area contributed by atoms with E-state index < -0.39 is 51.3 Å². The predicted molar refractivity (Wildman–Crippen MR) is 118 cm³/mol. The summed E-state index contributed by atoms with van der Waals surface area (Å²) in [6, 6.07) is 6.29. The van der Waals surface area contributed by atoms with E-state index in [9.17, 15) is 44.3 Å². The zero-order chi connectivity index (χ0) is 28.4. The van der Waals surface area contributed by atoms with Crippen LogP contribution in [0.2, 0.25) is 0 Å². The van der Waals surface area contributed by atoms with Gasteiger partial charge in [0.25, 0.3) is 10.1 Å². The van der Waals surface area contributed by atoms with E-state index in [0.717, 1.165) is 12.1 Å². The highest BCUT2D eigenvalue weighted by Gasteiger charge is 2.76. The van der Waals surface area contributed by atoms with Gasteiger partial charge in [0, 0.05) is 0 Å². The largest absolute Gasteiger partial charge is 0.438 e. The molecule has 0 aliphatic carbocycles. The van der Waals surface area contributed by atoms with Gasteiger partial charge in [0.05, 0.1) is 26.8 Å². The Hall–Kier alpha value is -3.00. The summed E-state index contributed by atoms with van der Waals surface area (Å²) in [6.07, 6.45) is -12.8. The van der Waals surface area contributed by atoms with Gasteiger partial charge in [-0.3, -0.25) is 4.55 Å². The lowest BCUT2D eigenvalue weighted by Gasteiger charge is -2.35. The molecule has 4 radical (unpaired) electrons. The van der Waals surface area contributed by atoms with Crippen molar-refractivity contribution in [1.82, 2.24) is 0 Å². The van der Waals surface area contributed by atoms with Crippen LogP contribution in [0, 0.1) is 6.92 Å². The summed E-state index contributed by atoms with van der Waals surface area (Å²) in [5.41, 5.74) is -5.06. The van der Waals surface area contributed by atoms with Gasteiger partial charge in [-0.25, -0.2) is 9.59 Å². The number of halogens is 6. The monoisotopic (exact) mass is 548 g/mol. The maximum Gasteiger partial charge on any atom is 0.438 e. The molecular formula is C21H16B2F6O7S. The number of alkyl halides is 6. The molecule has 2 aromatic carbocycles. The average molecular weight is 548 g/mol. The van der Waals surface area contributed by atoms with Gasteiger partial charge in [-0.1, -0.05) is 30.3 Å². The Bertz CT molecular complexity index is 1260. The summed E-state index contributed by atoms with van der Waals surface area (Å²) in [6.45, 7) is 1.61. The molecule has 0 unspecified atom stereocenters. The molecule has 37 heavy (non-hydrogen) atoms. The van der Waals surface area contributed by atoms with Gasteiger partial charge in [0.1, 0.15) is 11.5 Å². The summed E-state index contributed by atoms with van der Waals surface area (Å²) in [5.74, 6) is -6.13. The van der Waals surface area contributed by atoms with Crippen LogP contribution in [0.25, 0.3) is 0 Å². The Kier molecular flexibility index (Phi) is 8.80. The van der Waals surface area contributed by atoms with Crippen molar-refractivity contribution in [2.45, 2.75) is 37.5 Å². The van der Waals surface area contributed by atoms with E-state index in [4.69, 9.17) is 25.0 Å². The molecule has 1 N–H and O–H groups in total. The summed E-state index contributed by atoms with van der Waals surface area (Å²) in [4.78, 5) is 24.7. The van der Waals surface area contributed by atoms with Crippen LogP contribution in [0.5, 0.6) is 5.75 Å². The zero-order valence-electron chi connectivity index (χ0n) is 18.8. The second-order valence-electron chi connectivity index (χ2n) is 7.71. The number of carbonyl (C=O) groups is 2. The molecule has 0 fully saturated rings. The van der Waals surface area contributed by atoms with Crippen molar-refractivity contribution in [3.8, 4) is 5.75 Å². The molecule has 7 nitrogen and oxygen atoms in total. The van der Waals surface area contributed by atoms with Gasteiger partial charge in [0.2, 0.25) is 0 Å². The van der Waals surface area contributed by atoms with Gasteiger partial charge in [-0.15, -0.1) is 0 Å². The molecule has 2 aromatic rings. The van der Waals surface area contributed by atoms with E-state index in [2.05, 4.69) is 4.74 Å². The lowest BCUT2D eigenvalue weighted by atomic mass is 9.89. The number of carbonyl (C=O) groups excluding carboxylic acids is 2. The lowest BCUT2D eigenvalue weighted by molar-refractivity contribution is -0.356. The minimum absolute atomic E-state index is 0.0220. The van der Waals surface area contributed by atoms with Gasteiger partial charge >= 0.3 is 29.9 Å². The van der Waals surface area contributed by atoms with Crippen LogP contribution < -0.4 is 4.74 Å². The fourth-order valence-electron chi connectivity index (χ4n) is 3.18. The maximum atomic E-state index is 13.3. The molecule has 2 rings (SSSR count). The molecule has 0 aliphatic heterocycles. The van der Waals surface area contributed by atoms with Crippen molar-refractivity contribution >= 4 is 37.7 Å². The molecule has 0 atom stereocenters. The third-order valence-electron chi connectivity index (χ3n) is 4.99. The van der Waals surface area contributed by atoms with Gasteiger partial charge in [0.15, 0.2) is 0 Å². The number of esters is 2. The van der Waals surface area contributed by atoms with Crippen molar-refractivity contribution < 1.29 is 58.4 Å². The minimum Gasteiger partial charge on any atom is -0.435 e. The number of aryl methyl sites for hydroxylation is 1. The average Bonchev–Trinajstić information content (AvgIpc) is 2.77. The Morgan fingerprint density at radius 2 is 1.38 bits per heavy atom. The summed E-state index contributed by atoms with van der Waals surface area (Å²) in [5, 5.41) is 0. The number of rotatable bonds is 8. The first kappa shape index (κ1) is 30.2. The van der Waals surface area contributed by atoms with Crippen LogP contribution in [0.4, 0.5) is 26.3 Å². The van der Waals surface area contributed by atoms with Crippen molar-refractivity contribution in [1.29, 1.82) is 0 Å². The van der Waals surface area contributed by atoms with E-state index in [1.165, 1.54) is 0 Å². The molecule has 0 saturated carbocycles. The first-order valence-electron chi connectivity index (χ1n) is 10.0. The summed E-state index contributed by atoms with van der Waals surface area (Å²) in [7, 11) is 5.32. The molecule has 0 aromatic heterocycles. The van der Waals surface area contributed by atoms with E-state index in [0.29, 0.717) is 28.8 Å². The minimum atomic E-state index is -6.47. The molecule has 0 heterocycles. The smallest absolute Gasteiger partial charge is 0.435 e. The van der Waals surface area contributed by atoms with E-state index >= 15 is 0 Å². The standard InChI is InChI=1S/C21H16B2F6O7S/c1-11-6-12(8-22)7-15(9-23)16(11)35-17(30)13-2-4-14(5-3-13)18(31)36-19(20(24,25)26,21(27,28)29)10-37(32,33)34/h2-7H,8-10H2,1H3,(H,32,33,34). The third kappa shape index (κ3) is 6.86. The van der Waals surface area contributed by atoms with Crippen LogP contribution in [-0.2, 0) is 27.5 Å². The normalized spacial score (nSPS) is 12.8. The van der Waals surface area contributed by atoms with Crippen molar-refractivity contribution in [3.05, 3.63) is 64.2 Å². The van der Waals surface area contributed by atoms with Crippen LogP contribution in [0.3, 0.4) is 0 Å². The second-order valence-corrected chi connectivity index (χ2v) is 9.17. The highest BCUT2D eigenvalue weighted by atomic mass is 32.2. The SMILES string of the molecule is [B]Cc1cc(C)c(OC(=O)c2ccc(C(=O)OC(CS(=O)(=O)O)(C(F)(F)F)C(F)(F)F)cc2)c(C[B])c1. The van der Waals surface area contributed by atoms with Crippen LogP contribution in [-0.4, -0.2) is 64.3 Å². The molecule has 0 saturated heterocycles. The first-order chi connectivity index (χ1) is 16.8. The van der Waals surface area contributed by atoms with Crippen LogP contribution >= 0.6 is 0 Å². The van der Waals surface area contributed by atoms with Crippen LogP contribution in [0.15, 0.2) is 36.4 Å². The topological polar surface area (TPSA) is 107 Å². The van der Waals surface area contributed by atoms with Crippen molar-refractivity contribution in [2.24, 2.45) is 0 Å². The summed E-state index contributed by atoms with van der Waals surface area (Å²) >= 11 is 0. The Morgan fingerprint density at radius 3 is 1.78 bits per heavy atom. The van der Waals surface area contributed by atoms with E-state index in [1.807, 2.05) is 0 Å². The number of ether oxygens (including phenoxy) is 2. The number of hydrogen-bond donors (Lipinski definition) is 1.